The van der Waals surface area contributed by atoms with Gasteiger partial charge in [0.05, 0.1) is 0 Å². The fraction of sp³-hybridized carbons (Fsp3) is 0.682. The smallest absolute Gasteiger partial charge is 0.254 e. The number of hydrogen-bond acceptors (Lipinski definition) is 2. The summed E-state index contributed by atoms with van der Waals surface area (Å²) in [6, 6.07) is 8.45. The van der Waals surface area contributed by atoms with E-state index in [1.807, 2.05) is 12.1 Å². The minimum atomic E-state index is 0.0449. The van der Waals surface area contributed by atoms with Crippen LogP contribution in [0.15, 0.2) is 24.3 Å². The zero-order chi connectivity index (χ0) is 18.7. The number of aryl methyl sites for hydroxylation is 1. The fourth-order valence-electron chi connectivity index (χ4n) is 4.32. The average molecular weight is 345 g/mol. The monoisotopic (exact) mass is 344 g/mol. The van der Waals surface area contributed by atoms with Crippen LogP contribution in [0.5, 0.6) is 0 Å². The first kappa shape index (κ1) is 20.0. The van der Waals surface area contributed by atoms with E-state index >= 15 is 0 Å². The number of amides is 1. The van der Waals surface area contributed by atoms with Gasteiger partial charge in [0.2, 0.25) is 0 Å². The zero-order valence-electron chi connectivity index (χ0n) is 17.0. The molecule has 0 aromatic heterocycles. The van der Waals surface area contributed by atoms with E-state index < -0.39 is 0 Å². The van der Waals surface area contributed by atoms with E-state index in [0.717, 1.165) is 44.2 Å². The summed E-state index contributed by atoms with van der Waals surface area (Å²) in [5.74, 6) is 0.189. The van der Waals surface area contributed by atoms with Crippen molar-refractivity contribution in [2.75, 3.05) is 6.54 Å². The largest absolute Gasteiger partial charge is 0.336 e. The summed E-state index contributed by atoms with van der Waals surface area (Å²) in [4.78, 5) is 15.4. The Kier molecular flexibility index (Phi) is 6.31. The van der Waals surface area contributed by atoms with Crippen molar-refractivity contribution in [2.24, 2.45) is 0 Å². The van der Waals surface area contributed by atoms with Gasteiger partial charge in [0.25, 0.3) is 5.91 Å². The Bertz CT molecular complexity index is 558. The molecule has 1 saturated heterocycles. The Balaban J connectivity index is 2.26. The van der Waals surface area contributed by atoms with Gasteiger partial charge in [-0.3, -0.25) is 4.79 Å². The second kappa shape index (κ2) is 7.90. The Labute approximate surface area is 154 Å². The van der Waals surface area contributed by atoms with Crippen LogP contribution in [0.4, 0.5) is 0 Å². The highest BCUT2D eigenvalue weighted by atomic mass is 16.2. The summed E-state index contributed by atoms with van der Waals surface area (Å²) < 4.78 is 0. The van der Waals surface area contributed by atoms with E-state index in [0.29, 0.717) is 0 Å². The minimum Gasteiger partial charge on any atom is -0.336 e. The Morgan fingerprint density at radius 2 is 1.64 bits per heavy atom. The number of carbonyl (C=O) groups is 1. The van der Waals surface area contributed by atoms with Crippen LogP contribution in [0.1, 0.15) is 83.1 Å². The van der Waals surface area contributed by atoms with Crippen molar-refractivity contribution < 1.29 is 4.79 Å². The number of nitrogens with zero attached hydrogens (tertiary/aromatic N) is 1. The first-order chi connectivity index (χ1) is 11.7. The molecule has 0 saturated carbocycles. The Morgan fingerprint density at radius 3 is 2.12 bits per heavy atom. The quantitative estimate of drug-likeness (QED) is 0.804. The first-order valence-electron chi connectivity index (χ1n) is 9.86. The molecule has 1 amide bonds. The van der Waals surface area contributed by atoms with Gasteiger partial charge in [-0.05, 0) is 71.1 Å². The number of benzene rings is 1. The predicted octanol–water partition coefficient (Wildman–Crippen LogP) is 4.80. The summed E-state index contributed by atoms with van der Waals surface area (Å²) in [7, 11) is 0. The lowest BCUT2D eigenvalue weighted by Gasteiger charge is -2.49. The molecule has 25 heavy (non-hydrogen) atoms. The Hall–Kier alpha value is -1.35. The third-order valence-corrected chi connectivity index (χ3v) is 5.23. The number of unbranched alkanes of at least 4 members (excludes halogenated alkanes) is 1. The van der Waals surface area contributed by atoms with Crippen LogP contribution in [0.3, 0.4) is 0 Å². The maximum atomic E-state index is 13.3. The molecule has 140 valence electrons. The van der Waals surface area contributed by atoms with Crippen LogP contribution in [-0.4, -0.2) is 34.5 Å². The topological polar surface area (TPSA) is 32.3 Å². The van der Waals surface area contributed by atoms with Gasteiger partial charge in [-0.25, -0.2) is 0 Å². The lowest BCUT2D eigenvalue weighted by Crippen LogP contribution is -2.62. The molecule has 0 bridgehead atoms. The maximum Gasteiger partial charge on any atom is 0.254 e. The molecule has 1 aromatic rings. The van der Waals surface area contributed by atoms with Crippen molar-refractivity contribution in [1.82, 2.24) is 10.2 Å². The highest BCUT2D eigenvalue weighted by Crippen LogP contribution is 2.32. The number of piperidine rings is 1. The van der Waals surface area contributed by atoms with Crippen molar-refractivity contribution in [2.45, 2.75) is 90.8 Å². The molecular formula is C22H36N2O. The number of hydrogen-bond donors (Lipinski definition) is 1. The molecule has 3 heteroatoms. The molecule has 1 aliphatic rings. The second-order valence-electron chi connectivity index (χ2n) is 8.86. The second-order valence-corrected chi connectivity index (χ2v) is 8.86. The van der Waals surface area contributed by atoms with Gasteiger partial charge in [0, 0.05) is 29.2 Å². The maximum absolute atomic E-state index is 13.3. The third-order valence-electron chi connectivity index (χ3n) is 5.23. The van der Waals surface area contributed by atoms with Gasteiger partial charge in [-0.2, -0.15) is 0 Å². The van der Waals surface area contributed by atoms with E-state index in [4.69, 9.17) is 0 Å². The van der Waals surface area contributed by atoms with Gasteiger partial charge in [0.15, 0.2) is 0 Å². The minimum absolute atomic E-state index is 0.0449. The van der Waals surface area contributed by atoms with E-state index in [9.17, 15) is 4.79 Å². The molecule has 1 heterocycles. The van der Waals surface area contributed by atoms with Crippen LogP contribution < -0.4 is 5.32 Å². The lowest BCUT2D eigenvalue weighted by molar-refractivity contribution is 0.0441. The first-order valence-corrected chi connectivity index (χ1v) is 9.86. The summed E-state index contributed by atoms with van der Waals surface area (Å²) in [5, 5.41) is 3.73. The number of nitrogens with one attached hydrogen (secondary N) is 1. The van der Waals surface area contributed by atoms with Crippen molar-refractivity contribution in [3.8, 4) is 0 Å². The SMILES string of the molecule is CCCCN(C(=O)c1ccc(CC)cc1)C1CC(C)(C)NC(C)(C)C1. The summed E-state index contributed by atoms with van der Waals surface area (Å²) >= 11 is 0. The highest BCUT2D eigenvalue weighted by molar-refractivity contribution is 5.94. The number of rotatable bonds is 6. The van der Waals surface area contributed by atoms with E-state index in [1.54, 1.807) is 0 Å². The summed E-state index contributed by atoms with van der Waals surface area (Å²) in [6.07, 6.45) is 5.17. The van der Waals surface area contributed by atoms with Gasteiger partial charge in [0.1, 0.15) is 0 Å². The summed E-state index contributed by atoms with van der Waals surface area (Å²) in [6.45, 7) is 14.2. The van der Waals surface area contributed by atoms with Crippen molar-refractivity contribution in [3.63, 3.8) is 0 Å². The number of carbonyl (C=O) groups excluding carboxylic acids is 1. The van der Waals surface area contributed by atoms with Crippen molar-refractivity contribution >= 4 is 5.91 Å². The molecular weight excluding hydrogens is 308 g/mol. The van der Waals surface area contributed by atoms with Gasteiger partial charge in [-0.15, -0.1) is 0 Å². The standard InChI is InChI=1S/C22H36N2O/c1-7-9-14-24(19-15-21(3,4)23-22(5,6)16-19)20(25)18-12-10-17(8-2)11-13-18/h10-13,19,23H,7-9,14-16H2,1-6H3. The lowest BCUT2D eigenvalue weighted by atomic mass is 9.78. The van der Waals surface area contributed by atoms with E-state index in [-0.39, 0.29) is 23.0 Å². The Morgan fingerprint density at radius 1 is 1.08 bits per heavy atom. The molecule has 1 N–H and O–H groups in total. The molecule has 3 nitrogen and oxygen atoms in total. The predicted molar refractivity (Wildman–Crippen MR) is 106 cm³/mol. The van der Waals surface area contributed by atoms with Crippen LogP contribution in [0, 0.1) is 0 Å². The molecule has 0 atom stereocenters. The zero-order valence-corrected chi connectivity index (χ0v) is 17.0. The fourth-order valence-corrected chi connectivity index (χ4v) is 4.32. The molecule has 2 rings (SSSR count). The van der Waals surface area contributed by atoms with Crippen LogP contribution >= 0.6 is 0 Å². The normalized spacial score (nSPS) is 19.6. The molecule has 0 unspecified atom stereocenters. The molecule has 0 aliphatic carbocycles. The van der Waals surface area contributed by atoms with Gasteiger partial charge < -0.3 is 10.2 Å². The van der Waals surface area contributed by atoms with Gasteiger partial charge >= 0.3 is 0 Å². The molecule has 1 aliphatic heterocycles. The van der Waals surface area contributed by atoms with E-state index in [2.05, 4.69) is 63.9 Å². The average Bonchev–Trinajstić information content (AvgIpc) is 2.52. The van der Waals surface area contributed by atoms with Crippen molar-refractivity contribution in [1.29, 1.82) is 0 Å². The summed E-state index contributed by atoms with van der Waals surface area (Å²) in [5.41, 5.74) is 2.19. The van der Waals surface area contributed by atoms with Crippen LogP contribution in [-0.2, 0) is 6.42 Å². The molecule has 0 radical (unpaired) electrons. The third kappa shape index (κ3) is 5.31. The van der Waals surface area contributed by atoms with Gasteiger partial charge in [-0.1, -0.05) is 32.4 Å². The van der Waals surface area contributed by atoms with Crippen molar-refractivity contribution in [3.05, 3.63) is 35.4 Å². The van der Waals surface area contributed by atoms with Crippen LogP contribution in [0.25, 0.3) is 0 Å². The molecule has 0 spiro atoms. The molecule has 1 aromatic carbocycles. The van der Waals surface area contributed by atoms with E-state index in [1.165, 1.54) is 5.56 Å². The van der Waals surface area contributed by atoms with Crippen LogP contribution in [0.2, 0.25) is 0 Å². The molecule has 1 fully saturated rings. The highest BCUT2D eigenvalue weighted by Gasteiger charge is 2.41.